The van der Waals surface area contributed by atoms with Crippen LogP contribution in [-0.4, -0.2) is 12.6 Å². The summed E-state index contributed by atoms with van der Waals surface area (Å²) in [7, 11) is 1.67. The van der Waals surface area contributed by atoms with Crippen LogP contribution in [0.3, 0.4) is 0 Å². The molecule has 0 saturated carbocycles. The maximum Gasteiger partial charge on any atom is 0.162 e. The number of nitrogens with one attached hydrogen (secondary N) is 1. The lowest BCUT2D eigenvalue weighted by Gasteiger charge is -2.22. The van der Waals surface area contributed by atoms with E-state index in [1.807, 2.05) is 24.3 Å². The molecule has 1 aliphatic heterocycles. The van der Waals surface area contributed by atoms with E-state index in [2.05, 4.69) is 53.3 Å². The highest BCUT2D eigenvalue weighted by Crippen LogP contribution is 2.41. The maximum absolute atomic E-state index is 6.05. The number of hydrogen-bond acceptors (Lipinski definition) is 3. The molecule has 0 radical (unpaired) electrons. The second kappa shape index (κ2) is 7.16. The minimum Gasteiger partial charge on any atom is -0.493 e. The lowest BCUT2D eigenvalue weighted by atomic mass is 10.0. The van der Waals surface area contributed by atoms with E-state index in [1.54, 1.807) is 7.11 Å². The second-order valence-electron chi connectivity index (χ2n) is 6.92. The zero-order valence-electron chi connectivity index (χ0n) is 14.4. The summed E-state index contributed by atoms with van der Waals surface area (Å²) in [6, 6.07) is 14.6. The van der Waals surface area contributed by atoms with Gasteiger partial charge in [-0.1, -0.05) is 46.3 Å². The van der Waals surface area contributed by atoms with Crippen LogP contribution in [0.5, 0.6) is 11.5 Å². The Morgan fingerprint density at radius 3 is 2.54 bits per heavy atom. The van der Waals surface area contributed by atoms with Crippen molar-refractivity contribution >= 4 is 15.9 Å². The smallest absolute Gasteiger partial charge is 0.162 e. The number of ether oxygens (including phenoxy) is 2. The Labute approximate surface area is 152 Å². The molecular formula is C20H24BrNO2. The first-order valence-electron chi connectivity index (χ1n) is 8.30. The van der Waals surface area contributed by atoms with Crippen LogP contribution in [0.25, 0.3) is 0 Å². The van der Waals surface area contributed by atoms with Crippen LogP contribution in [0, 0.1) is 0 Å². The Kier molecular flexibility index (Phi) is 5.16. The van der Waals surface area contributed by atoms with E-state index in [9.17, 15) is 0 Å². The van der Waals surface area contributed by atoms with Crippen LogP contribution >= 0.6 is 15.9 Å². The van der Waals surface area contributed by atoms with Crippen LogP contribution in [0.1, 0.15) is 43.9 Å². The largest absolute Gasteiger partial charge is 0.493 e. The molecule has 0 spiro atoms. The predicted octanol–water partition coefficient (Wildman–Crippen LogP) is 5.24. The Morgan fingerprint density at radius 2 is 1.92 bits per heavy atom. The monoisotopic (exact) mass is 389 g/mol. The summed E-state index contributed by atoms with van der Waals surface area (Å²) in [5, 5.41) is 3.70. The fourth-order valence-corrected chi connectivity index (χ4v) is 3.78. The predicted molar refractivity (Wildman–Crippen MR) is 101 cm³/mol. The Bertz CT molecular complexity index is 700. The quantitative estimate of drug-likeness (QED) is 0.758. The van der Waals surface area contributed by atoms with E-state index in [1.165, 1.54) is 5.56 Å². The van der Waals surface area contributed by atoms with Crippen molar-refractivity contribution in [2.75, 3.05) is 7.11 Å². The molecule has 24 heavy (non-hydrogen) atoms. The number of benzene rings is 2. The zero-order valence-corrected chi connectivity index (χ0v) is 16.0. The molecule has 0 aromatic heterocycles. The Morgan fingerprint density at radius 1 is 1.17 bits per heavy atom. The minimum absolute atomic E-state index is 0.176. The van der Waals surface area contributed by atoms with Crippen molar-refractivity contribution in [2.45, 2.75) is 44.9 Å². The van der Waals surface area contributed by atoms with Gasteiger partial charge in [-0.15, -0.1) is 0 Å². The van der Waals surface area contributed by atoms with Crippen molar-refractivity contribution in [1.82, 2.24) is 5.32 Å². The molecule has 1 unspecified atom stereocenters. The molecule has 3 rings (SSSR count). The van der Waals surface area contributed by atoms with Gasteiger partial charge in [0.2, 0.25) is 0 Å². The molecule has 128 valence electrons. The third-order valence-corrected chi connectivity index (χ3v) is 5.21. The van der Waals surface area contributed by atoms with Gasteiger partial charge in [0.25, 0.3) is 0 Å². The van der Waals surface area contributed by atoms with Gasteiger partial charge in [0.05, 0.1) is 7.11 Å². The molecule has 1 atom stereocenters. The molecule has 3 nitrogen and oxygen atoms in total. The maximum atomic E-state index is 6.05. The highest BCUT2D eigenvalue weighted by molar-refractivity contribution is 9.10. The average Bonchev–Trinajstić information content (AvgIpc) is 2.94. The standard InChI is InChI=1S/C20H24BrNO2/c1-20(2)10-9-17(22-20)15-11-19(18(23-3)12-16(15)21)24-13-14-7-5-4-6-8-14/h4-8,11-12,17,22H,9-10,13H2,1-3H3. The molecule has 1 fully saturated rings. The first-order valence-corrected chi connectivity index (χ1v) is 9.10. The third-order valence-electron chi connectivity index (χ3n) is 4.52. The first-order chi connectivity index (χ1) is 11.5. The van der Waals surface area contributed by atoms with Gasteiger partial charge in [-0.3, -0.25) is 0 Å². The van der Waals surface area contributed by atoms with Gasteiger partial charge in [0, 0.05) is 16.1 Å². The van der Waals surface area contributed by atoms with Gasteiger partial charge in [0.1, 0.15) is 6.61 Å². The zero-order chi connectivity index (χ0) is 17.2. The summed E-state index contributed by atoms with van der Waals surface area (Å²) in [4.78, 5) is 0. The molecule has 1 N–H and O–H groups in total. The molecular weight excluding hydrogens is 366 g/mol. The summed E-state index contributed by atoms with van der Waals surface area (Å²) in [6.07, 6.45) is 2.28. The summed E-state index contributed by atoms with van der Waals surface area (Å²) < 4.78 is 12.6. The summed E-state index contributed by atoms with van der Waals surface area (Å²) in [6.45, 7) is 5.02. The number of methoxy groups -OCH3 is 1. The average molecular weight is 390 g/mol. The third kappa shape index (κ3) is 3.93. The summed E-state index contributed by atoms with van der Waals surface area (Å²) in [5.41, 5.74) is 2.54. The van der Waals surface area contributed by atoms with E-state index < -0.39 is 0 Å². The van der Waals surface area contributed by atoms with Gasteiger partial charge in [0.15, 0.2) is 11.5 Å². The van der Waals surface area contributed by atoms with Crippen molar-refractivity contribution in [3.8, 4) is 11.5 Å². The van der Waals surface area contributed by atoms with E-state index in [0.717, 1.165) is 34.4 Å². The normalized spacial score (nSPS) is 19.2. The first kappa shape index (κ1) is 17.3. The van der Waals surface area contributed by atoms with Gasteiger partial charge >= 0.3 is 0 Å². The van der Waals surface area contributed by atoms with E-state index in [0.29, 0.717) is 12.6 Å². The van der Waals surface area contributed by atoms with Crippen molar-refractivity contribution in [3.05, 3.63) is 58.1 Å². The van der Waals surface area contributed by atoms with Crippen LogP contribution in [-0.2, 0) is 6.61 Å². The van der Waals surface area contributed by atoms with E-state index in [-0.39, 0.29) is 5.54 Å². The Balaban J connectivity index is 1.83. The Hall–Kier alpha value is -1.52. The van der Waals surface area contributed by atoms with Crippen LogP contribution < -0.4 is 14.8 Å². The fourth-order valence-electron chi connectivity index (χ4n) is 3.18. The van der Waals surface area contributed by atoms with E-state index in [4.69, 9.17) is 9.47 Å². The SMILES string of the molecule is COc1cc(Br)c(C2CCC(C)(C)N2)cc1OCc1ccccc1. The number of hydrogen-bond donors (Lipinski definition) is 1. The molecule has 0 amide bonds. The summed E-state index contributed by atoms with van der Waals surface area (Å²) >= 11 is 3.69. The lowest BCUT2D eigenvalue weighted by molar-refractivity contribution is 0.283. The second-order valence-corrected chi connectivity index (χ2v) is 7.77. The summed E-state index contributed by atoms with van der Waals surface area (Å²) in [5.74, 6) is 1.53. The lowest BCUT2D eigenvalue weighted by Crippen LogP contribution is -2.33. The van der Waals surface area contributed by atoms with Crippen molar-refractivity contribution < 1.29 is 9.47 Å². The van der Waals surface area contributed by atoms with Crippen molar-refractivity contribution in [1.29, 1.82) is 0 Å². The number of halogens is 1. The molecule has 1 heterocycles. The van der Waals surface area contributed by atoms with Crippen molar-refractivity contribution in [3.63, 3.8) is 0 Å². The number of rotatable bonds is 5. The van der Waals surface area contributed by atoms with Crippen LogP contribution in [0.15, 0.2) is 46.9 Å². The topological polar surface area (TPSA) is 30.5 Å². The molecule has 2 aromatic rings. The molecule has 0 bridgehead atoms. The molecule has 1 aliphatic rings. The highest BCUT2D eigenvalue weighted by Gasteiger charge is 2.32. The minimum atomic E-state index is 0.176. The fraction of sp³-hybridized carbons (Fsp3) is 0.400. The van der Waals surface area contributed by atoms with Gasteiger partial charge in [-0.05, 0) is 49.9 Å². The molecule has 4 heteroatoms. The van der Waals surface area contributed by atoms with Gasteiger partial charge in [-0.25, -0.2) is 0 Å². The van der Waals surface area contributed by atoms with Crippen LogP contribution in [0.2, 0.25) is 0 Å². The van der Waals surface area contributed by atoms with Crippen LogP contribution in [0.4, 0.5) is 0 Å². The molecule has 0 aliphatic carbocycles. The van der Waals surface area contributed by atoms with Gasteiger partial charge < -0.3 is 14.8 Å². The molecule has 2 aromatic carbocycles. The van der Waals surface area contributed by atoms with Crippen molar-refractivity contribution in [2.24, 2.45) is 0 Å². The van der Waals surface area contributed by atoms with Gasteiger partial charge in [-0.2, -0.15) is 0 Å². The molecule has 1 saturated heterocycles. The highest BCUT2D eigenvalue weighted by atomic mass is 79.9. The van der Waals surface area contributed by atoms with E-state index >= 15 is 0 Å².